The Bertz CT molecular complexity index is 471. The summed E-state index contributed by atoms with van der Waals surface area (Å²) < 4.78 is 5.09. The van der Waals surface area contributed by atoms with Gasteiger partial charge in [0, 0.05) is 24.2 Å². The molecule has 2 fully saturated rings. The molecular weight excluding hydrogens is 272 g/mol. The van der Waals surface area contributed by atoms with Crippen molar-refractivity contribution in [1.29, 1.82) is 0 Å². The van der Waals surface area contributed by atoms with E-state index in [1.165, 1.54) is 6.92 Å². The van der Waals surface area contributed by atoms with E-state index in [4.69, 9.17) is 4.74 Å². The molecule has 5 nitrogen and oxygen atoms in total. The Kier molecular flexibility index (Phi) is 4.24. The number of hydrogen-bond acceptors (Lipinski definition) is 5. The van der Waals surface area contributed by atoms with Gasteiger partial charge in [0.2, 0.25) is 0 Å². The highest BCUT2D eigenvalue weighted by atomic mass is 16.5. The SMILES string of the molecule is CCOC(=O)[C@@H]1CC(=O)C[C@]2(O)C[C@@H](C(C)=O)CC[C@]12C. The Morgan fingerprint density at radius 2 is 2.10 bits per heavy atom. The second kappa shape index (κ2) is 5.52. The Morgan fingerprint density at radius 3 is 2.67 bits per heavy atom. The maximum Gasteiger partial charge on any atom is 0.310 e. The number of rotatable bonds is 3. The van der Waals surface area contributed by atoms with Crippen LogP contribution < -0.4 is 0 Å². The van der Waals surface area contributed by atoms with Gasteiger partial charge in [-0.05, 0) is 33.1 Å². The summed E-state index contributed by atoms with van der Waals surface area (Å²) in [6, 6.07) is 0. The monoisotopic (exact) mass is 296 g/mol. The maximum atomic E-state index is 12.2. The molecule has 4 atom stereocenters. The lowest BCUT2D eigenvalue weighted by Gasteiger charge is -2.55. The largest absolute Gasteiger partial charge is 0.466 e. The van der Waals surface area contributed by atoms with E-state index >= 15 is 0 Å². The molecule has 118 valence electrons. The van der Waals surface area contributed by atoms with E-state index in [1.807, 2.05) is 6.92 Å². The number of carbonyl (C=O) groups excluding carboxylic acids is 3. The topological polar surface area (TPSA) is 80.7 Å². The smallest absolute Gasteiger partial charge is 0.310 e. The van der Waals surface area contributed by atoms with Gasteiger partial charge in [0.1, 0.15) is 11.6 Å². The van der Waals surface area contributed by atoms with Crippen LogP contribution in [-0.4, -0.2) is 34.9 Å². The van der Waals surface area contributed by atoms with E-state index in [2.05, 4.69) is 0 Å². The molecule has 1 N–H and O–H groups in total. The number of carbonyl (C=O) groups is 3. The third kappa shape index (κ3) is 2.63. The molecule has 0 aromatic rings. The van der Waals surface area contributed by atoms with Gasteiger partial charge in [-0.3, -0.25) is 14.4 Å². The second-order valence-corrected chi connectivity index (χ2v) is 6.72. The molecule has 0 saturated heterocycles. The summed E-state index contributed by atoms with van der Waals surface area (Å²) in [5.41, 5.74) is -1.98. The highest BCUT2D eigenvalue weighted by molar-refractivity contribution is 5.88. The van der Waals surface area contributed by atoms with Gasteiger partial charge in [-0.2, -0.15) is 0 Å². The first-order valence-electron chi connectivity index (χ1n) is 7.64. The Labute approximate surface area is 125 Å². The van der Waals surface area contributed by atoms with Crippen molar-refractivity contribution in [3.05, 3.63) is 0 Å². The van der Waals surface area contributed by atoms with Crippen molar-refractivity contribution in [2.45, 2.75) is 58.5 Å². The Morgan fingerprint density at radius 1 is 1.43 bits per heavy atom. The van der Waals surface area contributed by atoms with Gasteiger partial charge in [-0.15, -0.1) is 0 Å². The normalized spacial score (nSPS) is 39.5. The molecule has 0 heterocycles. The molecule has 0 radical (unpaired) electrons. The van der Waals surface area contributed by atoms with Crippen molar-refractivity contribution in [1.82, 2.24) is 0 Å². The van der Waals surface area contributed by atoms with Crippen LogP contribution in [0.15, 0.2) is 0 Å². The van der Waals surface area contributed by atoms with Crippen LogP contribution in [0.4, 0.5) is 0 Å². The number of aliphatic hydroxyl groups is 1. The average Bonchev–Trinajstić information content (AvgIpc) is 2.38. The van der Waals surface area contributed by atoms with Gasteiger partial charge in [0.15, 0.2) is 0 Å². The lowest BCUT2D eigenvalue weighted by atomic mass is 9.50. The molecule has 5 heteroatoms. The Hall–Kier alpha value is -1.23. The van der Waals surface area contributed by atoms with Crippen LogP contribution in [0.3, 0.4) is 0 Å². The lowest BCUT2D eigenvalue weighted by Crippen LogP contribution is -2.61. The molecule has 0 aromatic carbocycles. The summed E-state index contributed by atoms with van der Waals surface area (Å²) in [5, 5.41) is 11.0. The molecule has 21 heavy (non-hydrogen) atoms. The van der Waals surface area contributed by atoms with Crippen LogP contribution in [-0.2, 0) is 19.1 Å². The molecule has 2 aliphatic rings. The van der Waals surface area contributed by atoms with Crippen molar-refractivity contribution < 1.29 is 24.2 Å². The third-order valence-corrected chi connectivity index (χ3v) is 5.50. The van der Waals surface area contributed by atoms with Crippen molar-refractivity contribution in [3.8, 4) is 0 Å². The molecular formula is C16H24O5. The van der Waals surface area contributed by atoms with E-state index in [0.29, 0.717) is 12.8 Å². The number of ether oxygens (including phenoxy) is 1. The fourth-order valence-corrected chi connectivity index (χ4v) is 4.01. The first kappa shape index (κ1) is 16.1. The van der Waals surface area contributed by atoms with Gasteiger partial charge in [0.25, 0.3) is 0 Å². The standard InChI is InChI=1S/C16H24O5/c1-4-21-14(19)13-7-12(18)9-16(20)8-11(10(2)17)5-6-15(13,16)3/h11,13,20H,4-9H2,1-3H3/t11-,13-,15+,16+/m0/s1. The summed E-state index contributed by atoms with van der Waals surface area (Å²) in [6.07, 6.45) is 1.63. The fraction of sp³-hybridized carbons (Fsp3) is 0.812. The molecule has 2 aliphatic carbocycles. The van der Waals surface area contributed by atoms with Crippen molar-refractivity contribution in [3.63, 3.8) is 0 Å². The summed E-state index contributed by atoms with van der Waals surface area (Å²) in [4.78, 5) is 35.8. The minimum atomic E-state index is -1.28. The quantitative estimate of drug-likeness (QED) is 0.801. The number of ketones is 2. The van der Waals surface area contributed by atoms with Gasteiger partial charge >= 0.3 is 5.97 Å². The molecule has 0 aliphatic heterocycles. The zero-order chi connectivity index (χ0) is 15.8. The number of fused-ring (bicyclic) bond motifs is 1. The van der Waals surface area contributed by atoms with E-state index in [0.717, 1.165) is 0 Å². The van der Waals surface area contributed by atoms with Crippen molar-refractivity contribution in [2.75, 3.05) is 6.61 Å². The number of esters is 1. The Balaban J connectivity index is 2.34. The van der Waals surface area contributed by atoms with Crippen LogP contribution in [0.2, 0.25) is 0 Å². The summed E-state index contributed by atoms with van der Waals surface area (Å²) in [7, 11) is 0. The molecule has 2 saturated carbocycles. The summed E-state index contributed by atoms with van der Waals surface area (Å²) in [6.45, 7) is 5.36. The molecule has 0 bridgehead atoms. The minimum absolute atomic E-state index is 0.0309. The lowest BCUT2D eigenvalue weighted by molar-refractivity contribution is -0.195. The summed E-state index contributed by atoms with van der Waals surface area (Å²) >= 11 is 0. The van der Waals surface area contributed by atoms with Gasteiger partial charge in [-0.1, -0.05) is 6.92 Å². The van der Waals surface area contributed by atoms with Gasteiger partial charge in [0.05, 0.1) is 18.1 Å². The highest BCUT2D eigenvalue weighted by Gasteiger charge is 2.61. The molecule has 0 unspecified atom stereocenters. The zero-order valence-electron chi connectivity index (χ0n) is 13.0. The predicted octanol–water partition coefficient (Wildman–Crippen LogP) is 1.66. The first-order chi connectivity index (χ1) is 9.73. The highest BCUT2D eigenvalue weighted by Crippen LogP contribution is 2.56. The van der Waals surface area contributed by atoms with Crippen LogP contribution in [0.1, 0.15) is 52.9 Å². The first-order valence-corrected chi connectivity index (χ1v) is 7.64. The van der Waals surface area contributed by atoms with Crippen LogP contribution in [0.5, 0.6) is 0 Å². The number of Topliss-reactive ketones (excluding diaryl/α,β-unsaturated/α-hetero) is 2. The van der Waals surface area contributed by atoms with E-state index in [9.17, 15) is 19.5 Å². The third-order valence-electron chi connectivity index (χ3n) is 5.50. The second-order valence-electron chi connectivity index (χ2n) is 6.72. The van der Waals surface area contributed by atoms with Crippen LogP contribution >= 0.6 is 0 Å². The van der Waals surface area contributed by atoms with Crippen LogP contribution in [0, 0.1) is 17.3 Å². The molecule has 0 aromatic heterocycles. The molecule has 0 spiro atoms. The molecule has 0 amide bonds. The fourth-order valence-electron chi connectivity index (χ4n) is 4.01. The summed E-state index contributed by atoms with van der Waals surface area (Å²) in [5.74, 6) is -1.34. The minimum Gasteiger partial charge on any atom is -0.466 e. The number of hydrogen-bond donors (Lipinski definition) is 1. The van der Waals surface area contributed by atoms with Gasteiger partial charge in [-0.25, -0.2) is 0 Å². The zero-order valence-corrected chi connectivity index (χ0v) is 13.0. The van der Waals surface area contributed by atoms with E-state index in [1.54, 1.807) is 6.92 Å². The van der Waals surface area contributed by atoms with Crippen molar-refractivity contribution >= 4 is 17.5 Å². The predicted molar refractivity (Wildman–Crippen MR) is 75.4 cm³/mol. The molecule has 2 rings (SSSR count). The average molecular weight is 296 g/mol. The van der Waals surface area contributed by atoms with E-state index in [-0.39, 0.29) is 43.4 Å². The van der Waals surface area contributed by atoms with Gasteiger partial charge < -0.3 is 9.84 Å². The van der Waals surface area contributed by atoms with Crippen LogP contribution in [0.25, 0.3) is 0 Å². The van der Waals surface area contributed by atoms with Crippen molar-refractivity contribution in [2.24, 2.45) is 17.3 Å². The maximum absolute atomic E-state index is 12.2. The van der Waals surface area contributed by atoms with E-state index < -0.39 is 22.9 Å².